The van der Waals surface area contributed by atoms with Gasteiger partial charge in [0.15, 0.2) is 0 Å². The van der Waals surface area contributed by atoms with Crippen LogP contribution in [0, 0.1) is 0 Å². The first-order chi connectivity index (χ1) is 6.75. The maximum atomic E-state index is 12.3. The van der Waals surface area contributed by atoms with E-state index in [0.29, 0.717) is 11.3 Å². The van der Waals surface area contributed by atoms with Gasteiger partial charge in [0.25, 0.3) is 6.43 Å². The van der Waals surface area contributed by atoms with Crippen molar-refractivity contribution in [2.24, 2.45) is 0 Å². The van der Waals surface area contributed by atoms with Crippen molar-refractivity contribution in [2.75, 3.05) is 0 Å². The van der Waals surface area contributed by atoms with Gasteiger partial charge in [-0.2, -0.15) is 13.2 Å². The van der Waals surface area contributed by atoms with E-state index in [9.17, 15) is 22.0 Å². The fraction of sp³-hybridized carbons (Fsp3) is 0.429. The molecule has 0 amide bonds. The molecule has 1 aromatic rings. The second kappa shape index (κ2) is 4.55. The molecule has 0 aromatic carbocycles. The average Bonchev–Trinajstić information content (AvgIpc) is 2.44. The number of alkyl halides is 6. The largest absolute Gasteiger partial charge is 0.418 e. The molecule has 0 nitrogen and oxygen atoms in total. The van der Waals surface area contributed by atoms with Crippen molar-refractivity contribution < 1.29 is 22.0 Å². The average molecular weight is 330 g/mol. The minimum Gasteiger partial charge on any atom is -0.208 e. The van der Waals surface area contributed by atoms with E-state index in [0.717, 1.165) is 5.38 Å². The van der Waals surface area contributed by atoms with Crippen LogP contribution in [0.1, 0.15) is 15.8 Å². The van der Waals surface area contributed by atoms with Gasteiger partial charge in [0.1, 0.15) is 5.38 Å². The zero-order valence-corrected chi connectivity index (χ0v) is 9.94. The molecule has 86 valence electrons. The summed E-state index contributed by atoms with van der Waals surface area (Å²) >= 11 is 8.46. The molecule has 8 heteroatoms. The molecule has 0 N–H and O–H groups in total. The summed E-state index contributed by atoms with van der Waals surface area (Å²) in [6.45, 7) is 0. The zero-order valence-electron chi connectivity index (χ0n) is 6.79. The number of halogens is 7. The third-order valence-corrected chi connectivity index (χ3v) is 4.25. The van der Waals surface area contributed by atoms with E-state index in [1.165, 1.54) is 0 Å². The van der Waals surface area contributed by atoms with Crippen molar-refractivity contribution in [1.82, 2.24) is 0 Å². The quantitative estimate of drug-likeness (QED) is 0.524. The SMILES string of the molecule is FC(F)C(Cl)c1scc(C(F)(F)F)c1Br. The molecule has 0 spiro atoms. The zero-order chi connectivity index (χ0) is 11.8. The van der Waals surface area contributed by atoms with Gasteiger partial charge in [0.05, 0.1) is 5.56 Å². The summed E-state index contributed by atoms with van der Waals surface area (Å²) in [5, 5.41) is -0.961. The van der Waals surface area contributed by atoms with Crippen LogP contribution >= 0.6 is 38.9 Å². The molecule has 0 aliphatic carbocycles. The van der Waals surface area contributed by atoms with Crippen molar-refractivity contribution >= 4 is 38.9 Å². The van der Waals surface area contributed by atoms with Crippen LogP contribution < -0.4 is 0 Å². The molecule has 0 saturated heterocycles. The minimum absolute atomic E-state index is 0.209. The Morgan fingerprint density at radius 2 is 1.87 bits per heavy atom. The van der Waals surface area contributed by atoms with Crippen LogP contribution in [0.25, 0.3) is 0 Å². The Morgan fingerprint density at radius 3 is 2.20 bits per heavy atom. The van der Waals surface area contributed by atoms with Crippen LogP contribution in [0.2, 0.25) is 0 Å². The molecular formula is C7H3BrClF5S. The van der Waals surface area contributed by atoms with Gasteiger partial charge in [-0.05, 0) is 15.9 Å². The normalized spacial score (nSPS) is 14.7. The van der Waals surface area contributed by atoms with Crippen molar-refractivity contribution in [3.63, 3.8) is 0 Å². The first-order valence-corrected chi connectivity index (χ1v) is 5.62. The highest BCUT2D eigenvalue weighted by molar-refractivity contribution is 9.10. The molecule has 0 aliphatic rings. The molecule has 1 rings (SSSR count). The number of hydrogen-bond acceptors (Lipinski definition) is 1. The van der Waals surface area contributed by atoms with Crippen LogP contribution in [0.5, 0.6) is 0 Å². The van der Waals surface area contributed by atoms with Gasteiger partial charge < -0.3 is 0 Å². The van der Waals surface area contributed by atoms with E-state index >= 15 is 0 Å². The van der Waals surface area contributed by atoms with E-state index in [4.69, 9.17) is 11.6 Å². The van der Waals surface area contributed by atoms with Crippen molar-refractivity contribution in [3.8, 4) is 0 Å². The van der Waals surface area contributed by atoms with Gasteiger partial charge in [0, 0.05) is 14.7 Å². The number of rotatable bonds is 2. The Kier molecular flexibility index (Phi) is 4.00. The van der Waals surface area contributed by atoms with Gasteiger partial charge in [-0.25, -0.2) is 8.78 Å². The monoisotopic (exact) mass is 328 g/mol. The third kappa shape index (κ3) is 2.82. The lowest BCUT2D eigenvalue weighted by atomic mass is 10.2. The van der Waals surface area contributed by atoms with E-state index < -0.39 is 28.0 Å². The van der Waals surface area contributed by atoms with Crippen LogP contribution in [0.4, 0.5) is 22.0 Å². The lowest BCUT2D eigenvalue weighted by Gasteiger charge is -2.08. The van der Waals surface area contributed by atoms with E-state index in [2.05, 4.69) is 15.9 Å². The molecule has 1 aromatic heterocycles. The van der Waals surface area contributed by atoms with Crippen LogP contribution in [0.3, 0.4) is 0 Å². The van der Waals surface area contributed by atoms with Crippen LogP contribution in [-0.2, 0) is 6.18 Å². The lowest BCUT2D eigenvalue weighted by molar-refractivity contribution is -0.137. The van der Waals surface area contributed by atoms with Crippen LogP contribution in [0.15, 0.2) is 9.85 Å². The highest BCUT2D eigenvalue weighted by Gasteiger charge is 2.37. The second-order valence-electron chi connectivity index (χ2n) is 2.56. The molecule has 0 aliphatic heterocycles. The maximum Gasteiger partial charge on any atom is 0.418 e. The fourth-order valence-corrected chi connectivity index (χ4v) is 3.21. The minimum atomic E-state index is -4.56. The van der Waals surface area contributed by atoms with Gasteiger partial charge in [-0.15, -0.1) is 22.9 Å². The summed E-state index contributed by atoms with van der Waals surface area (Å²) in [5.41, 5.74) is -0.978. The van der Waals surface area contributed by atoms with Crippen molar-refractivity contribution in [3.05, 3.63) is 20.3 Å². The molecular weight excluding hydrogens is 326 g/mol. The Morgan fingerprint density at radius 1 is 1.33 bits per heavy atom. The summed E-state index contributed by atoms with van der Waals surface area (Å²) < 4.78 is 60.8. The molecule has 1 atom stereocenters. The highest BCUT2D eigenvalue weighted by atomic mass is 79.9. The predicted molar refractivity (Wildman–Crippen MR) is 51.6 cm³/mol. The number of hydrogen-bond donors (Lipinski definition) is 0. The molecule has 15 heavy (non-hydrogen) atoms. The highest BCUT2D eigenvalue weighted by Crippen LogP contribution is 2.45. The molecule has 0 fully saturated rings. The summed E-state index contributed by atoms with van der Waals surface area (Å²) in [6, 6.07) is 0. The topological polar surface area (TPSA) is 0 Å². The van der Waals surface area contributed by atoms with E-state index in [-0.39, 0.29) is 4.88 Å². The fourth-order valence-electron chi connectivity index (χ4n) is 0.850. The Bertz CT molecular complexity index is 348. The summed E-state index contributed by atoms with van der Waals surface area (Å²) in [4.78, 5) is -0.209. The molecule has 0 saturated carbocycles. The summed E-state index contributed by atoms with van der Waals surface area (Å²) in [5.74, 6) is 0. The first kappa shape index (κ1) is 13.2. The third-order valence-electron chi connectivity index (χ3n) is 1.53. The van der Waals surface area contributed by atoms with Gasteiger partial charge in [-0.1, -0.05) is 0 Å². The Labute approximate surface area is 99.2 Å². The predicted octanol–water partition coefficient (Wildman–Crippen LogP) is 5.07. The molecule has 0 bridgehead atoms. The van der Waals surface area contributed by atoms with Crippen molar-refractivity contribution in [1.29, 1.82) is 0 Å². The maximum absolute atomic E-state index is 12.3. The standard InChI is InChI=1S/C7H3BrClF5S/c8-3-2(7(12,13)14)1-15-5(3)4(9)6(10)11/h1,4,6H. The van der Waals surface area contributed by atoms with Gasteiger partial charge in [-0.3, -0.25) is 0 Å². The van der Waals surface area contributed by atoms with E-state index in [1.54, 1.807) is 0 Å². The first-order valence-electron chi connectivity index (χ1n) is 3.51. The Balaban J connectivity index is 3.10. The van der Waals surface area contributed by atoms with Gasteiger partial charge >= 0.3 is 6.18 Å². The molecule has 1 unspecified atom stereocenters. The smallest absolute Gasteiger partial charge is 0.208 e. The van der Waals surface area contributed by atoms with Crippen molar-refractivity contribution in [2.45, 2.75) is 18.0 Å². The Hall–Kier alpha value is 0.120. The van der Waals surface area contributed by atoms with E-state index in [1.807, 2.05) is 0 Å². The molecule has 1 heterocycles. The van der Waals surface area contributed by atoms with Gasteiger partial charge in [0.2, 0.25) is 0 Å². The second-order valence-corrected chi connectivity index (χ2v) is 4.74. The summed E-state index contributed by atoms with van der Waals surface area (Å²) in [6.07, 6.45) is -7.46. The molecule has 0 radical (unpaired) electrons. The summed E-state index contributed by atoms with van der Waals surface area (Å²) in [7, 11) is 0. The number of thiophene rings is 1. The lowest BCUT2D eigenvalue weighted by Crippen LogP contribution is -2.05. The van der Waals surface area contributed by atoms with Crippen LogP contribution in [-0.4, -0.2) is 6.43 Å².